The van der Waals surface area contributed by atoms with E-state index in [-0.39, 0.29) is 5.82 Å². The van der Waals surface area contributed by atoms with E-state index in [2.05, 4.69) is 0 Å². The van der Waals surface area contributed by atoms with Crippen molar-refractivity contribution in [2.45, 2.75) is 27.2 Å². The number of hydrogen-bond donors (Lipinski definition) is 0. The molecule has 1 rings (SSSR count). The van der Waals surface area contributed by atoms with Crippen LogP contribution in [0.2, 0.25) is 0 Å². The molecular formula is C10H13F. The van der Waals surface area contributed by atoms with Gasteiger partial charge in [0.2, 0.25) is 0 Å². The summed E-state index contributed by atoms with van der Waals surface area (Å²) in [7, 11) is 0. The minimum absolute atomic E-state index is 0.0816. The maximum atomic E-state index is 13.0. The van der Waals surface area contributed by atoms with E-state index in [0.29, 0.717) is 0 Å². The summed E-state index contributed by atoms with van der Waals surface area (Å²) in [5, 5.41) is 0. The smallest absolute Gasteiger partial charge is 0.126 e. The average molecular weight is 152 g/mol. The van der Waals surface area contributed by atoms with Crippen molar-refractivity contribution in [3.8, 4) is 0 Å². The number of halogens is 1. The molecule has 0 bridgehead atoms. The second-order valence-corrected chi connectivity index (χ2v) is 2.88. The Labute approximate surface area is 67.1 Å². The molecule has 0 radical (unpaired) electrons. The van der Waals surface area contributed by atoms with Crippen molar-refractivity contribution in [2.75, 3.05) is 0 Å². The predicted octanol–water partition coefficient (Wildman–Crippen LogP) is 3.00. The Morgan fingerprint density at radius 2 is 1.91 bits per heavy atom. The maximum absolute atomic E-state index is 13.0. The normalized spacial score (nSPS) is 10.2. The summed E-state index contributed by atoms with van der Waals surface area (Å²) in [5.41, 5.74) is 2.91. The Bertz CT molecular complexity index is 264. The van der Waals surface area contributed by atoms with Crippen LogP contribution in [-0.2, 0) is 6.42 Å². The number of hydrogen-bond acceptors (Lipinski definition) is 0. The molecule has 0 saturated carbocycles. The lowest BCUT2D eigenvalue weighted by Crippen LogP contribution is -1.92. The zero-order valence-corrected chi connectivity index (χ0v) is 7.24. The molecule has 0 fully saturated rings. The van der Waals surface area contributed by atoms with Crippen molar-refractivity contribution in [3.05, 3.63) is 34.6 Å². The molecule has 0 amide bonds. The van der Waals surface area contributed by atoms with Gasteiger partial charge in [-0.05, 0) is 43.0 Å². The highest BCUT2D eigenvalue weighted by Crippen LogP contribution is 2.15. The summed E-state index contributed by atoms with van der Waals surface area (Å²) in [6.45, 7) is 5.79. The second-order valence-electron chi connectivity index (χ2n) is 2.88. The zero-order valence-electron chi connectivity index (χ0n) is 7.24. The number of aryl methyl sites for hydroxylation is 2. The highest BCUT2D eigenvalue weighted by Gasteiger charge is 2.02. The monoisotopic (exact) mass is 152 g/mol. The summed E-state index contributed by atoms with van der Waals surface area (Å²) >= 11 is 0. The van der Waals surface area contributed by atoms with Crippen molar-refractivity contribution in [1.29, 1.82) is 0 Å². The van der Waals surface area contributed by atoms with Crippen LogP contribution in [0.4, 0.5) is 4.39 Å². The lowest BCUT2D eigenvalue weighted by Gasteiger charge is -2.04. The van der Waals surface area contributed by atoms with Gasteiger partial charge >= 0.3 is 0 Å². The van der Waals surface area contributed by atoms with E-state index in [0.717, 1.165) is 23.1 Å². The summed E-state index contributed by atoms with van der Waals surface area (Å²) < 4.78 is 13.0. The second kappa shape index (κ2) is 3.04. The third kappa shape index (κ3) is 1.59. The van der Waals surface area contributed by atoms with Gasteiger partial charge in [-0.2, -0.15) is 0 Å². The molecule has 0 aromatic heterocycles. The van der Waals surface area contributed by atoms with E-state index in [4.69, 9.17) is 0 Å². The van der Waals surface area contributed by atoms with Gasteiger partial charge in [0, 0.05) is 0 Å². The minimum Gasteiger partial charge on any atom is -0.207 e. The molecule has 0 N–H and O–H groups in total. The molecule has 0 aliphatic rings. The largest absolute Gasteiger partial charge is 0.207 e. The topological polar surface area (TPSA) is 0 Å². The fourth-order valence-electron chi connectivity index (χ4n) is 1.25. The van der Waals surface area contributed by atoms with Crippen LogP contribution in [0, 0.1) is 19.7 Å². The van der Waals surface area contributed by atoms with E-state index in [1.165, 1.54) is 0 Å². The molecule has 1 heteroatoms. The van der Waals surface area contributed by atoms with Crippen LogP contribution >= 0.6 is 0 Å². The highest BCUT2D eigenvalue weighted by molar-refractivity contribution is 5.31. The Morgan fingerprint density at radius 3 is 2.45 bits per heavy atom. The quantitative estimate of drug-likeness (QED) is 0.580. The Hall–Kier alpha value is -0.850. The third-order valence-electron chi connectivity index (χ3n) is 1.98. The van der Waals surface area contributed by atoms with E-state index in [9.17, 15) is 4.39 Å². The average Bonchev–Trinajstić information content (AvgIpc) is 1.96. The highest BCUT2D eigenvalue weighted by atomic mass is 19.1. The summed E-state index contributed by atoms with van der Waals surface area (Å²) in [5.74, 6) is -0.0816. The SMILES string of the molecule is CCc1cc(C)cc(F)c1C. The van der Waals surface area contributed by atoms with Gasteiger partial charge in [0.25, 0.3) is 0 Å². The minimum atomic E-state index is -0.0816. The fraction of sp³-hybridized carbons (Fsp3) is 0.400. The Morgan fingerprint density at radius 1 is 1.27 bits per heavy atom. The molecular weight excluding hydrogens is 139 g/mol. The van der Waals surface area contributed by atoms with Crippen LogP contribution in [-0.4, -0.2) is 0 Å². The van der Waals surface area contributed by atoms with Gasteiger partial charge in [0.15, 0.2) is 0 Å². The molecule has 1 aromatic rings. The van der Waals surface area contributed by atoms with Crippen LogP contribution < -0.4 is 0 Å². The van der Waals surface area contributed by atoms with Gasteiger partial charge in [0.05, 0.1) is 0 Å². The lowest BCUT2D eigenvalue weighted by molar-refractivity contribution is 0.614. The molecule has 1 aromatic carbocycles. The van der Waals surface area contributed by atoms with Crippen LogP contribution in [0.25, 0.3) is 0 Å². The molecule has 0 unspecified atom stereocenters. The molecule has 0 atom stereocenters. The van der Waals surface area contributed by atoms with Crippen molar-refractivity contribution in [3.63, 3.8) is 0 Å². The van der Waals surface area contributed by atoms with E-state index >= 15 is 0 Å². The first-order valence-corrected chi connectivity index (χ1v) is 3.90. The summed E-state index contributed by atoms with van der Waals surface area (Å²) in [6.07, 6.45) is 0.907. The molecule has 0 saturated heterocycles. The fourth-order valence-corrected chi connectivity index (χ4v) is 1.25. The van der Waals surface area contributed by atoms with E-state index in [1.807, 2.05) is 26.8 Å². The number of benzene rings is 1. The first-order chi connectivity index (χ1) is 5.15. The summed E-state index contributed by atoms with van der Waals surface area (Å²) in [4.78, 5) is 0. The van der Waals surface area contributed by atoms with Gasteiger partial charge < -0.3 is 0 Å². The van der Waals surface area contributed by atoms with Crippen molar-refractivity contribution in [1.82, 2.24) is 0 Å². The molecule has 0 aliphatic heterocycles. The molecule has 60 valence electrons. The van der Waals surface area contributed by atoms with E-state index < -0.39 is 0 Å². The Kier molecular flexibility index (Phi) is 2.28. The van der Waals surface area contributed by atoms with Crippen LogP contribution in [0.1, 0.15) is 23.6 Å². The summed E-state index contributed by atoms with van der Waals surface area (Å²) in [6, 6.07) is 3.62. The van der Waals surface area contributed by atoms with Gasteiger partial charge in [0.1, 0.15) is 5.82 Å². The van der Waals surface area contributed by atoms with Gasteiger partial charge in [-0.1, -0.05) is 13.0 Å². The lowest BCUT2D eigenvalue weighted by atomic mass is 10.0. The molecule has 0 nitrogen and oxygen atoms in total. The maximum Gasteiger partial charge on any atom is 0.126 e. The third-order valence-corrected chi connectivity index (χ3v) is 1.98. The molecule has 0 heterocycles. The first kappa shape index (κ1) is 8.25. The van der Waals surface area contributed by atoms with E-state index in [1.54, 1.807) is 6.07 Å². The van der Waals surface area contributed by atoms with Gasteiger partial charge in [-0.15, -0.1) is 0 Å². The van der Waals surface area contributed by atoms with Crippen LogP contribution in [0.3, 0.4) is 0 Å². The van der Waals surface area contributed by atoms with Gasteiger partial charge in [-0.25, -0.2) is 4.39 Å². The van der Waals surface area contributed by atoms with Gasteiger partial charge in [-0.3, -0.25) is 0 Å². The first-order valence-electron chi connectivity index (χ1n) is 3.90. The van der Waals surface area contributed by atoms with Crippen molar-refractivity contribution < 1.29 is 4.39 Å². The number of rotatable bonds is 1. The molecule has 0 spiro atoms. The van der Waals surface area contributed by atoms with Crippen molar-refractivity contribution >= 4 is 0 Å². The van der Waals surface area contributed by atoms with Crippen molar-refractivity contribution in [2.24, 2.45) is 0 Å². The predicted molar refractivity (Wildman–Crippen MR) is 45.3 cm³/mol. The van der Waals surface area contributed by atoms with Crippen LogP contribution in [0.15, 0.2) is 12.1 Å². The van der Waals surface area contributed by atoms with Crippen LogP contribution in [0.5, 0.6) is 0 Å². The molecule has 11 heavy (non-hydrogen) atoms. The Balaban J connectivity index is 3.24. The standard InChI is InChI=1S/C10H13F/c1-4-9-5-7(2)6-10(11)8(9)3/h5-6H,4H2,1-3H3. The molecule has 0 aliphatic carbocycles. The zero-order chi connectivity index (χ0) is 8.43.